The Labute approximate surface area is 175 Å². The largest absolute Gasteiger partial charge is 0.300 e. The molecule has 27 heavy (non-hydrogen) atoms. The predicted octanol–water partition coefficient (Wildman–Crippen LogP) is 9.17. The van der Waals surface area contributed by atoms with Gasteiger partial charge in [-0.15, -0.1) is 11.6 Å². The fraction of sp³-hybridized carbons (Fsp3) is 0.880. The number of halogens is 1. The van der Waals surface area contributed by atoms with Gasteiger partial charge in [0.05, 0.1) is 0 Å². The Morgan fingerprint density at radius 3 is 1.48 bits per heavy atom. The summed E-state index contributed by atoms with van der Waals surface area (Å²) in [5.41, 5.74) is 0. The molecule has 0 aromatic carbocycles. The first kappa shape index (κ1) is 26.7. The number of carbonyl (C=O) groups excluding carboxylic acids is 1. The summed E-state index contributed by atoms with van der Waals surface area (Å²) in [5, 5.41) is 0. The van der Waals surface area contributed by atoms with Gasteiger partial charge < -0.3 is 0 Å². The molecular formula is C25H47ClO. The van der Waals surface area contributed by atoms with E-state index in [4.69, 9.17) is 11.6 Å². The average molecular weight is 399 g/mol. The van der Waals surface area contributed by atoms with Crippen LogP contribution >= 0.6 is 11.6 Å². The molecule has 0 heterocycles. The van der Waals surface area contributed by atoms with Crippen molar-refractivity contribution in [2.45, 2.75) is 135 Å². The first-order valence-electron chi connectivity index (χ1n) is 12.0. The SMILES string of the molecule is CCCCCCCC/C=C\CCCCCCCCC(=O)CCCCCCCl. The van der Waals surface area contributed by atoms with E-state index in [0.29, 0.717) is 5.78 Å². The molecule has 1 nitrogen and oxygen atoms in total. The Balaban J connectivity index is 3.17. The lowest BCUT2D eigenvalue weighted by atomic mass is 10.0. The van der Waals surface area contributed by atoms with Crippen LogP contribution in [-0.4, -0.2) is 11.7 Å². The zero-order valence-electron chi connectivity index (χ0n) is 18.3. The van der Waals surface area contributed by atoms with Crippen molar-refractivity contribution in [3.8, 4) is 0 Å². The summed E-state index contributed by atoms with van der Waals surface area (Å²) in [6.45, 7) is 2.28. The van der Waals surface area contributed by atoms with Gasteiger partial charge >= 0.3 is 0 Å². The van der Waals surface area contributed by atoms with Gasteiger partial charge in [0, 0.05) is 18.7 Å². The number of unbranched alkanes of at least 4 members (excludes halogenated alkanes) is 15. The second kappa shape index (κ2) is 23.7. The number of ketones is 1. The summed E-state index contributed by atoms with van der Waals surface area (Å²) in [6, 6.07) is 0. The van der Waals surface area contributed by atoms with Crippen LogP contribution in [0.15, 0.2) is 12.2 Å². The first-order chi connectivity index (χ1) is 13.3. The summed E-state index contributed by atoms with van der Waals surface area (Å²) in [4.78, 5) is 11.8. The minimum Gasteiger partial charge on any atom is -0.300 e. The van der Waals surface area contributed by atoms with Crippen molar-refractivity contribution in [2.75, 3.05) is 5.88 Å². The lowest BCUT2D eigenvalue weighted by Crippen LogP contribution is -1.97. The number of hydrogen-bond donors (Lipinski definition) is 0. The van der Waals surface area contributed by atoms with E-state index in [-0.39, 0.29) is 0 Å². The van der Waals surface area contributed by atoms with Crippen molar-refractivity contribution in [3.63, 3.8) is 0 Å². The van der Waals surface area contributed by atoms with E-state index in [1.54, 1.807) is 0 Å². The van der Waals surface area contributed by atoms with Crippen molar-refractivity contribution >= 4 is 17.4 Å². The van der Waals surface area contributed by atoms with Crippen LogP contribution in [0.25, 0.3) is 0 Å². The van der Waals surface area contributed by atoms with Gasteiger partial charge in [0.15, 0.2) is 0 Å². The number of allylic oxidation sites excluding steroid dienone is 2. The van der Waals surface area contributed by atoms with E-state index in [9.17, 15) is 4.79 Å². The molecule has 0 atom stereocenters. The molecule has 0 amide bonds. The molecule has 0 aromatic rings. The fourth-order valence-electron chi connectivity index (χ4n) is 3.46. The Kier molecular flexibility index (Phi) is 23.5. The highest BCUT2D eigenvalue weighted by Gasteiger charge is 2.01. The Bertz CT molecular complexity index is 324. The lowest BCUT2D eigenvalue weighted by Gasteiger charge is -2.02. The van der Waals surface area contributed by atoms with E-state index in [1.165, 1.54) is 89.9 Å². The summed E-state index contributed by atoms with van der Waals surface area (Å²) in [6.07, 6.45) is 29.3. The van der Waals surface area contributed by atoms with Gasteiger partial charge in [-0.25, -0.2) is 0 Å². The van der Waals surface area contributed by atoms with Crippen molar-refractivity contribution in [3.05, 3.63) is 12.2 Å². The van der Waals surface area contributed by atoms with Gasteiger partial charge in [-0.2, -0.15) is 0 Å². The Morgan fingerprint density at radius 1 is 0.593 bits per heavy atom. The Hall–Kier alpha value is -0.300. The monoisotopic (exact) mass is 398 g/mol. The number of hydrogen-bond acceptors (Lipinski definition) is 1. The van der Waals surface area contributed by atoms with Crippen LogP contribution in [0, 0.1) is 0 Å². The molecule has 0 rings (SSSR count). The minimum absolute atomic E-state index is 0.469. The average Bonchev–Trinajstić information content (AvgIpc) is 2.67. The second-order valence-corrected chi connectivity index (χ2v) is 8.46. The van der Waals surface area contributed by atoms with E-state index in [0.717, 1.165) is 44.4 Å². The van der Waals surface area contributed by atoms with E-state index < -0.39 is 0 Å². The minimum atomic E-state index is 0.469. The maximum atomic E-state index is 11.8. The van der Waals surface area contributed by atoms with Crippen LogP contribution in [0.2, 0.25) is 0 Å². The zero-order chi connectivity index (χ0) is 19.8. The van der Waals surface area contributed by atoms with Crippen molar-refractivity contribution in [1.82, 2.24) is 0 Å². The number of alkyl halides is 1. The molecule has 2 heteroatoms. The topological polar surface area (TPSA) is 17.1 Å². The van der Waals surface area contributed by atoms with E-state index in [2.05, 4.69) is 19.1 Å². The molecule has 0 N–H and O–H groups in total. The number of Topliss-reactive ketones (excluding diaryl/α,β-unsaturated/α-hetero) is 1. The second-order valence-electron chi connectivity index (χ2n) is 8.08. The molecule has 0 saturated heterocycles. The molecule has 0 aromatic heterocycles. The number of carbonyl (C=O) groups is 1. The number of rotatable bonds is 22. The molecular weight excluding hydrogens is 352 g/mol. The first-order valence-corrected chi connectivity index (χ1v) is 12.6. The van der Waals surface area contributed by atoms with Crippen LogP contribution in [0.3, 0.4) is 0 Å². The van der Waals surface area contributed by atoms with Gasteiger partial charge in [0.25, 0.3) is 0 Å². The highest BCUT2D eigenvalue weighted by Crippen LogP contribution is 2.12. The summed E-state index contributed by atoms with van der Waals surface area (Å²) >= 11 is 5.65. The maximum absolute atomic E-state index is 11.8. The van der Waals surface area contributed by atoms with Crippen LogP contribution < -0.4 is 0 Å². The normalized spacial score (nSPS) is 11.5. The third-order valence-corrected chi connectivity index (χ3v) is 5.57. The smallest absolute Gasteiger partial charge is 0.132 e. The molecule has 0 aliphatic rings. The molecule has 0 radical (unpaired) electrons. The van der Waals surface area contributed by atoms with Gasteiger partial charge in [-0.1, -0.05) is 89.7 Å². The van der Waals surface area contributed by atoms with Gasteiger partial charge in [0.2, 0.25) is 0 Å². The van der Waals surface area contributed by atoms with Crippen molar-refractivity contribution < 1.29 is 4.79 Å². The summed E-state index contributed by atoms with van der Waals surface area (Å²) in [7, 11) is 0. The van der Waals surface area contributed by atoms with Crippen molar-refractivity contribution in [1.29, 1.82) is 0 Å². The molecule has 0 fully saturated rings. The summed E-state index contributed by atoms with van der Waals surface area (Å²) in [5.74, 6) is 1.22. The van der Waals surface area contributed by atoms with E-state index >= 15 is 0 Å². The highest BCUT2D eigenvalue weighted by atomic mass is 35.5. The molecule has 0 saturated carbocycles. The zero-order valence-corrected chi connectivity index (χ0v) is 19.0. The van der Waals surface area contributed by atoms with Crippen molar-refractivity contribution in [2.24, 2.45) is 0 Å². The predicted molar refractivity (Wildman–Crippen MR) is 123 cm³/mol. The van der Waals surface area contributed by atoms with Crippen LogP contribution in [-0.2, 0) is 4.79 Å². The fourth-order valence-corrected chi connectivity index (χ4v) is 3.65. The molecule has 0 aliphatic carbocycles. The maximum Gasteiger partial charge on any atom is 0.132 e. The third kappa shape index (κ3) is 23.7. The Morgan fingerprint density at radius 2 is 1.00 bits per heavy atom. The molecule has 0 unspecified atom stereocenters. The van der Waals surface area contributed by atoms with Gasteiger partial charge in [-0.05, 0) is 44.9 Å². The molecule has 0 aliphatic heterocycles. The highest BCUT2D eigenvalue weighted by molar-refractivity contribution is 6.17. The third-order valence-electron chi connectivity index (χ3n) is 5.31. The quantitative estimate of drug-likeness (QED) is 0.101. The van der Waals surface area contributed by atoms with Crippen LogP contribution in [0.4, 0.5) is 0 Å². The molecule has 0 bridgehead atoms. The van der Waals surface area contributed by atoms with Crippen LogP contribution in [0.5, 0.6) is 0 Å². The molecule has 160 valence electrons. The van der Waals surface area contributed by atoms with Gasteiger partial charge in [-0.3, -0.25) is 4.79 Å². The van der Waals surface area contributed by atoms with E-state index in [1.807, 2.05) is 0 Å². The standard InChI is InChI=1S/C25H47ClO/c1-2-3-4-5-6-7-8-9-10-11-12-13-14-15-16-19-22-25(27)23-20-17-18-21-24-26/h9-10H,2-8,11-24H2,1H3/b10-9-. The lowest BCUT2D eigenvalue weighted by molar-refractivity contribution is -0.119. The summed E-state index contributed by atoms with van der Waals surface area (Å²) < 4.78 is 0. The van der Waals surface area contributed by atoms with Gasteiger partial charge in [0.1, 0.15) is 5.78 Å². The van der Waals surface area contributed by atoms with Crippen LogP contribution in [0.1, 0.15) is 135 Å². The molecule has 0 spiro atoms.